The van der Waals surface area contributed by atoms with E-state index in [1.165, 1.54) is 0 Å². The summed E-state index contributed by atoms with van der Waals surface area (Å²) in [6.07, 6.45) is 6.17. The van der Waals surface area contributed by atoms with Crippen molar-refractivity contribution in [2.24, 2.45) is 0 Å². The van der Waals surface area contributed by atoms with Crippen LogP contribution in [0, 0.1) is 0 Å². The lowest BCUT2D eigenvalue weighted by molar-refractivity contribution is 0.135. The second-order valence-electron chi connectivity index (χ2n) is 3.72. The lowest BCUT2D eigenvalue weighted by Crippen LogP contribution is -2.22. The fraction of sp³-hybridized carbons (Fsp3) is 0.333. The molecular formula is C12H13Cl2NO. The molecule has 0 aliphatic carbocycles. The average Bonchev–Trinajstić information content (AvgIpc) is 2.32. The van der Waals surface area contributed by atoms with Crippen LogP contribution in [0.2, 0.25) is 10.0 Å². The molecule has 0 saturated carbocycles. The molecule has 16 heavy (non-hydrogen) atoms. The van der Waals surface area contributed by atoms with Gasteiger partial charge in [0.1, 0.15) is 6.10 Å². The molecule has 0 fully saturated rings. The predicted molar refractivity (Wildman–Crippen MR) is 68.2 cm³/mol. The largest absolute Gasteiger partial charge is 0.497 e. The van der Waals surface area contributed by atoms with Gasteiger partial charge < -0.3 is 10.1 Å². The van der Waals surface area contributed by atoms with Crippen LogP contribution in [0.25, 0.3) is 0 Å². The molecule has 1 aliphatic rings. The first kappa shape index (κ1) is 11.6. The molecule has 0 radical (unpaired) electrons. The number of ether oxygens (including phenoxy) is 1. The Morgan fingerprint density at radius 3 is 2.88 bits per heavy atom. The van der Waals surface area contributed by atoms with Gasteiger partial charge in [0.05, 0.1) is 22.9 Å². The van der Waals surface area contributed by atoms with E-state index in [1.54, 1.807) is 12.3 Å². The van der Waals surface area contributed by atoms with Crippen molar-refractivity contribution in [2.45, 2.75) is 18.9 Å². The topological polar surface area (TPSA) is 21.3 Å². The van der Waals surface area contributed by atoms with Gasteiger partial charge in [-0.1, -0.05) is 23.2 Å². The normalized spacial score (nSPS) is 19.2. The van der Waals surface area contributed by atoms with Gasteiger partial charge in [-0.2, -0.15) is 0 Å². The Morgan fingerprint density at radius 1 is 1.31 bits per heavy atom. The number of nitrogens with one attached hydrogen (secondary N) is 1. The van der Waals surface area contributed by atoms with Crippen molar-refractivity contribution in [1.29, 1.82) is 0 Å². The van der Waals surface area contributed by atoms with Crippen LogP contribution >= 0.6 is 23.2 Å². The molecule has 0 saturated heterocycles. The third-order valence-electron chi connectivity index (χ3n) is 2.48. The molecule has 0 aromatic heterocycles. The van der Waals surface area contributed by atoms with E-state index in [9.17, 15) is 0 Å². The second-order valence-corrected chi connectivity index (χ2v) is 4.53. The van der Waals surface area contributed by atoms with Crippen LogP contribution in [0.5, 0.6) is 0 Å². The van der Waals surface area contributed by atoms with Crippen molar-refractivity contribution < 1.29 is 4.74 Å². The standard InChI is InChI=1S/C12H13Cl2NO/c13-11-5-4-9(7-12(11)14)15-8-10-3-1-2-6-16-10/h2,4-7,10,15H,1,3,8H2. The van der Waals surface area contributed by atoms with E-state index in [2.05, 4.69) is 5.32 Å². The van der Waals surface area contributed by atoms with Gasteiger partial charge in [-0.3, -0.25) is 0 Å². The van der Waals surface area contributed by atoms with Crippen molar-refractivity contribution in [2.75, 3.05) is 11.9 Å². The number of rotatable bonds is 3. The Labute approximate surface area is 105 Å². The predicted octanol–water partition coefficient (Wildman–Crippen LogP) is 4.10. The van der Waals surface area contributed by atoms with Gasteiger partial charge in [0.2, 0.25) is 0 Å². The second kappa shape index (κ2) is 5.46. The van der Waals surface area contributed by atoms with Crippen LogP contribution in [0.15, 0.2) is 30.5 Å². The van der Waals surface area contributed by atoms with Gasteiger partial charge >= 0.3 is 0 Å². The SMILES string of the molecule is Clc1ccc(NCC2CCC=CO2)cc1Cl. The third-order valence-corrected chi connectivity index (χ3v) is 3.22. The van der Waals surface area contributed by atoms with E-state index >= 15 is 0 Å². The Kier molecular flexibility index (Phi) is 3.97. The molecule has 86 valence electrons. The van der Waals surface area contributed by atoms with E-state index in [4.69, 9.17) is 27.9 Å². The van der Waals surface area contributed by atoms with Crippen LogP contribution in [0.1, 0.15) is 12.8 Å². The first-order valence-corrected chi connectivity index (χ1v) is 6.00. The Hall–Kier alpha value is -0.860. The van der Waals surface area contributed by atoms with E-state index in [0.717, 1.165) is 25.1 Å². The van der Waals surface area contributed by atoms with Gasteiger partial charge in [0, 0.05) is 5.69 Å². The zero-order chi connectivity index (χ0) is 11.4. The maximum absolute atomic E-state index is 5.92. The van der Waals surface area contributed by atoms with E-state index in [-0.39, 0.29) is 6.10 Å². The number of hydrogen-bond acceptors (Lipinski definition) is 2. The molecule has 1 aromatic carbocycles. The number of halogens is 2. The molecule has 2 rings (SSSR count). The lowest BCUT2D eigenvalue weighted by Gasteiger charge is -2.20. The van der Waals surface area contributed by atoms with Crippen LogP contribution < -0.4 is 5.32 Å². The molecule has 1 unspecified atom stereocenters. The molecular weight excluding hydrogens is 245 g/mol. The summed E-state index contributed by atoms with van der Waals surface area (Å²) in [6, 6.07) is 5.52. The molecule has 0 amide bonds. The fourth-order valence-electron chi connectivity index (χ4n) is 1.57. The lowest BCUT2D eigenvalue weighted by atomic mass is 10.1. The van der Waals surface area contributed by atoms with Gasteiger partial charge in [0.15, 0.2) is 0 Å². The van der Waals surface area contributed by atoms with Gasteiger partial charge in [0.25, 0.3) is 0 Å². The van der Waals surface area contributed by atoms with E-state index < -0.39 is 0 Å². The molecule has 4 heteroatoms. The zero-order valence-corrected chi connectivity index (χ0v) is 10.3. The minimum absolute atomic E-state index is 0.236. The fourth-order valence-corrected chi connectivity index (χ4v) is 1.87. The number of benzene rings is 1. The average molecular weight is 258 g/mol. The van der Waals surface area contributed by atoms with Crippen molar-refractivity contribution in [1.82, 2.24) is 0 Å². The van der Waals surface area contributed by atoms with E-state index in [0.29, 0.717) is 10.0 Å². The molecule has 2 nitrogen and oxygen atoms in total. The highest BCUT2D eigenvalue weighted by atomic mass is 35.5. The summed E-state index contributed by atoms with van der Waals surface area (Å²) >= 11 is 11.8. The summed E-state index contributed by atoms with van der Waals surface area (Å²) in [5.41, 5.74) is 0.965. The maximum Gasteiger partial charge on any atom is 0.115 e. The first-order valence-electron chi connectivity index (χ1n) is 5.25. The number of hydrogen-bond donors (Lipinski definition) is 1. The molecule has 1 atom stereocenters. The highest BCUT2D eigenvalue weighted by Crippen LogP contribution is 2.25. The molecule has 1 aliphatic heterocycles. The monoisotopic (exact) mass is 257 g/mol. The third kappa shape index (κ3) is 3.06. The van der Waals surface area contributed by atoms with Crippen molar-refractivity contribution in [3.05, 3.63) is 40.6 Å². The highest BCUT2D eigenvalue weighted by Gasteiger charge is 2.10. The Balaban J connectivity index is 1.89. The zero-order valence-electron chi connectivity index (χ0n) is 8.75. The van der Waals surface area contributed by atoms with Crippen molar-refractivity contribution in [3.63, 3.8) is 0 Å². The van der Waals surface area contributed by atoms with Gasteiger partial charge in [-0.15, -0.1) is 0 Å². The summed E-state index contributed by atoms with van der Waals surface area (Å²) in [5, 5.41) is 4.42. The van der Waals surface area contributed by atoms with Crippen molar-refractivity contribution in [3.8, 4) is 0 Å². The summed E-state index contributed by atoms with van der Waals surface area (Å²) in [7, 11) is 0. The number of anilines is 1. The van der Waals surface area contributed by atoms with Crippen LogP contribution in [-0.2, 0) is 4.74 Å². The Morgan fingerprint density at radius 2 is 2.19 bits per heavy atom. The summed E-state index contributed by atoms with van der Waals surface area (Å²) < 4.78 is 5.45. The molecule has 1 heterocycles. The molecule has 1 aromatic rings. The van der Waals surface area contributed by atoms with E-state index in [1.807, 2.05) is 18.2 Å². The van der Waals surface area contributed by atoms with Gasteiger partial charge in [-0.25, -0.2) is 0 Å². The summed E-state index contributed by atoms with van der Waals surface area (Å²) in [5.74, 6) is 0. The molecule has 0 spiro atoms. The number of allylic oxidation sites excluding steroid dienone is 1. The minimum atomic E-state index is 0.236. The Bertz CT molecular complexity index is 393. The van der Waals surface area contributed by atoms with Crippen LogP contribution in [0.3, 0.4) is 0 Å². The quantitative estimate of drug-likeness (QED) is 0.881. The molecule has 1 N–H and O–H groups in total. The molecule has 0 bridgehead atoms. The smallest absolute Gasteiger partial charge is 0.115 e. The van der Waals surface area contributed by atoms with Crippen LogP contribution in [0.4, 0.5) is 5.69 Å². The first-order chi connectivity index (χ1) is 7.75. The van der Waals surface area contributed by atoms with Crippen LogP contribution in [-0.4, -0.2) is 12.6 Å². The summed E-state index contributed by atoms with van der Waals surface area (Å²) in [6.45, 7) is 0.780. The maximum atomic E-state index is 5.92. The summed E-state index contributed by atoms with van der Waals surface area (Å²) in [4.78, 5) is 0. The minimum Gasteiger partial charge on any atom is -0.497 e. The van der Waals surface area contributed by atoms with Gasteiger partial charge in [-0.05, 0) is 37.1 Å². The van der Waals surface area contributed by atoms with Crippen molar-refractivity contribution >= 4 is 28.9 Å². The highest BCUT2D eigenvalue weighted by molar-refractivity contribution is 6.42.